The highest BCUT2D eigenvalue weighted by Crippen LogP contribution is 2.21. The highest BCUT2D eigenvalue weighted by Gasteiger charge is 2.00. The lowest BCUT2D eigenvalue weighted by Crippen LogP contribution is -2.19. The number of benzene rings is 1. The molecule has 1 rings (SSSR count). The molecular weight excluding hydrogens is 282 g/mol. The molecule has 0 atom stereocenters. The molecule has 0 aliphatic heterocycles. The number of halogens is 1. The zero-order valence-electron chi connectivity index (χ0n) is 10.0. The van der Waals surface area contributed by atoms with Crippen LogP contribution in [0.4, 0.5) is 0 Å². The molecule has 0 unspecified atom stereocenters. The van der Waals surface area contributed by atoms with Crippen LogP contribution in [-0.4, -0.2) is 24.9 Å². The van der Waals surface area contributed by atoms with Crippen LogP contribution in [0.25, 0.3) is 0 Å². The molecule has 2 N–H and O–H groups in total. The van der Waals surface area contributed by atoms with E-state index in [1.807, 2.05) is 19.1 Å². The molecule has 0 aromatic heterocycles. The van der Waals surface area contributed by atoms with Crippen molar-refractivity contribution >= 4 is 15.9 Å². The van der Waals surface area contributed by atoms with Crippen LogP contribution in [0.5, 0.6) is 5.75 Å². The zero-order chi connectivity index (χ0) is 12.7. The van der Waals surface area contributed by atoms with E-state index in [1.54, 1.807) is 6.07 Å². The summed E-state index contributed by atoms with van der Waals surface area (Å²) in [5, 5.41) is 12.8. The van der Waals surface area contributed by atoms with Gasteiger partial charge in [-0.3, -0.25) is 0 Å². The molecule has 0 aliphatic rings. The highest BCUT2D eigenvalue weighted by molar-refractivity contribution is 9.10. The van der Waals surface area contributed by atoms with E-state index in [4.69, 9.17) is 4.74 Å². The van der Waals surface area contributed by atoms with Gasteiger partial charge in [0.2, 0.25) is 0 Å². The van der Waals surface area contributed by atoms with E-state index in [-0.39, 0.29) is 0 Å². The lowest BCUT2D eigenvalue weighted by Gasteiger charge is -2.08. The predicted octanol–water partition coefficient (Wildman–Crippen LogP) is 2.84. The second-order valence-electron chi connectivity index (χ2n) is 3.96. The Morgan fingerprint density at radius 1 is 1.53 bits per heavy atom. The Morgan fingerprint density at radius 2 is 2.29 bits per heavy atom. The fourth-order valence-corrected chi connectivity index (χ4v) is 1.72. The summed E-state index contributed by atoms with van der Waals surface area (Å²) in [7, 11) is 0. The molecule has 1 aromatic carbocycles. The Morgan fingerprint density at radius 3 is 3.00 bits per heavy atom. The van der Waals surface area contributed by atoms with Crippen molar-refractivity contribution in [2.24, 2.45) is 0 Å². The Labute approximate surface area is 111 Å². The number of hydrogen-bond donors (Lipinski definition) is 2. The zero-order valence-corrected chi connectivity index (χ0v) is 11.6. The summed E-state index contributed by atoms with van der Waals surface area (Å²) in [6, 6.07) is 5.39. The van der Waals surface area contributed by atoms with Gasteiger partial charge in [-0.1, -0.05) is 28.1 Å². The fourth-order valence-electron chi connectivity index (χ4n) is 1.31. The van der Waals surface area contributed by atoms with Crippen molar-refractivity contribution in [3.05, 3.63) is 40.4 Å². The highest BCUT2D eigenvalue weighted by atomic mass is 79.9. The van der Waals surface area contributed by atoms with Gasteiger partial charge in [0, 0.05) is 23.1 Å². The van der Waals surface area contributed by atoms with Gasteiger partial charge in [0.15, 0.2) is 0 Å². The molecule has 4 heteroatoms. The van der Waals surface area contributed by atoms with Gasteiger partial charge in [0.1, 0.15) is 5.75 Å². The minimum atomic E-state index is 0.309. The normalized spacial score (nSPS) is 10.5. The molecule has 0 amide bonds. The number of ether oxygens (including phenoxy) is 1. The summed E-state index contributed by atoms with van der Waals surface area (Å²) in [5.74, 6) is 0.309. The summed E-state index contributed by atoms with van der Waals surface area (Å²) >= 11 is 3.37. The van der Waals surface area contributed by atoms with Gasteiger partial charge >= 0.3 is 0 Å². The summed E-state index contributed by atoms with van der Waals surface area (Å²) in [5.41, 5.74) is 1.90. The predicted molar refractivity (Wildman–Crippen MR) is 73.1 cm³/mol. The Hall–Kier alpha value is -0.840. The average molecular weight is 300 g/mol. The van der Waals surface area contributed by atoms with Crippen molar-refractivity contribution in [1.29, 1.82) is 0 Å². The Kier molecular flexibility index (Phi) is 6.26. The number of aromatic hydroxyl groups is 1. The first kappa shape index (κ1) is 14.2. The number of phenolic OH excluding ortho intramolecular Hbond substituents is 1. The SMILES string of the molecule is C=C(C)COCCNCc1cc(Br)ccc1O. The third-order valence-corrected chi connectivity index (χ3v) is 2.62. The number of nitrogens with one attached hydrogen (secondary N) is 1. The van der Waals surface area contributed by atoms with Crippen molar-refractivity contribution in [1.82, 2.24) is 5.32 Å². The third-order valence-electron chi connectivity index (χ3n) is 2.13. The molecule has 0 aliphatic carbocycles. The molecule has 1 aromatic rings. The third kappa shape index (κ3) is 5.86. The quantitative estimate of drug-likeness (QED) is 0.601. The molecule has 94 valence electrons. The van der Waals surface area contributed by atoms with Crippen molar-refractivity contribution in [3.63, 3.8) is 0 Å². The molecular formula is C13H18BrNO2. The molecule has 0 saturated heterocycles. The minimum Gasteiger partial charge on any atom is -0.508 e. The number of phenols is 1. The van der Waals surface area contributed by atoms with Crippen molar-refractivity contribution in [2.45, 2.75) is 13.5 Å². The van der Waals surface area contributed by atoms with Crippen LogP contribution in [0, 0.1) is 0 Å². The first-order valence-electron chi connectivity index (χ1n) is 5.50. The van der Waals surface area contributed by atoms with Crippen molar-refractivity contribution in [3.8, 4) is 5.75 Å². The van der Waals surface area contributed by atoms with Crippen molar-refractivity contribution < 1.29 is 9.84 Å². The van der Waals surface area contributed by atoms with Gasteiger partial charge in [0.25, 0.3) is 0 Å². The van der Waals surface area contributed by atoms with E-state index < -0.39 is 0 Å². The van der Waals surface area contributed by atoms with Gasteiger partial charge in [-0.2, -0.15) is 0 Å². The maximum absolute atomic E-state index is 9.61. The standard InChI is InChI=1S/C13H18BrNO2/c1-10(2)9-17-6-5-15-8-11-7-12(14)3-4-13(11)16/h3-4,7,15-16H,1,5-6,8-9H2,2H3. The average Bonchev–Trinajstić information content (AvgIpc) is 2.27. The molecule has 0 radical (unpaired) electrons. The maximum atomic E-state index is 9.61. The first-order valence-corrected chi connectivity index (χ1v) is 6.29. The van der Waals surface area contributed by atoms with Crippen LogP contribution in [-0.2, 0) is 11.3 Å². The minimum absolute atomic E-state index is 0.309. The lowest BCUT2D eigenvalue weighted by molar-refractivity contribution is 0.157. The lowest BCUT2D eigenvalue weighted by atomic mass is 10.2. The Balaban J connectivity index is 2.22. The molecule has 3 nitrogen and oxygen atoms in total. The van der Waals surface area contributed by atoms with Gasteiger partial charge < -0.3 is 15.2 Å². The second kappa shape index (κ2) is 7.48. The largest absolute Gasteiger partial charge is 0.508 e. The topological polar surface area (TPSA) is 41.5 Å². The molecule has 17 heavy (non-hydrogen) atoms. The summed E-state index contributed by atoms with van der Waals surface area (Å²) in [6.07, 6.45) is 0. The smallest absolute Gasteiger partial charge is 0.120 e. The molecule has 0 bridgehead atoms. The van der Waals surface area contributed by atoms with Gasteiger partial charge in [0.05, 0.1) is 13.2 Å². The van der Waals surface area contributed by atoms with Crippen LogP contribution in [0.3, 0.4) is 0 Å². The molecule has 0 spiro atoms. The monoisotopic (exact) mass is 299 g/mol. The van der Waals surface area contributed by atoms with Crippen LogP contribution in [0.2, 0.25) is 0 Å². The van der Waals surface area contributed by atoms with E-state index >= 15 is 0 Å². The van der Waals surface area contributed by atoms with Gasteiger partial charge in [-0.25, -0.2) is 0 Å². The van der Waals surface area contributed by atoms with Crippen LogP contribution in [0.15, 0.2) is 34.8 Å². The van der Waals surface area contributed by atoms with E-state index in [0.29, 0.717) is 25.5 Å². The summed E-state index contributed by atoms with van der Waals surface area (Å²) < 4.78 is 6.32. The maximum Gasteiger partial charge on any atom is 0.120 e. The van der Waals surface area contributed by atoms with Gasteiger partial charge in [-0.05, 0) is 25.1 Å². The van der Waals surface area contributed by atoms with E-state index in [9.17, 15) is 5.11 Å². The molecule has 0 heterocycles. The van der Waals surface area contributed by atoms with Crippen molar-refractivity contribution in [2.75, 3.05) is 19.8 Å². The van der Waals surface area contributed by atoms with Crippen LogP contribution >= 0.6 is 15.9 Å². The van der Waals surface area contributed by atoms with E-state index in [2.05, 4.69) is 27.8 Å². The van der Waals surface area contributed by atoms with E-state index in [1.165, 1.54) is 0 Å². The van der Waals surface area contributed by atoms with Gasteiger partial charge in [-0.15, -0.1) is 0 Å². The van der Waals surface area contributed by atoms with Crippen LogP contribution in [0.1, 0.15) is 12.5 Å². The fraction of sp³-hybridized carbons (Fsp3) is 0.385. The van der Waals surface area contributed by atoms with Crippen LogP contribution < -0.4 is 5.32 Å². The number of hydrogen-bond acceptors (Lipinski definition) is 3. The number of rotatable bonds is 7. The molecule has 0 fully saturated rings. The summed E-state index contributed by atoms with van der Waals surface area (Å²) in [6.45, 7) is 8.31. The summed E-state index contributed by atoms with van der Waals surface area (Å²) in [4.78, 5) is 0. The Bertz CT molecular complexity index is 380. The first-order chi connectivity index (χ1) is 8.09. The van der Waals surface area contributed by atoms with E-state index in [0.717, 1.165) is 22.2 Å². The second-order valence-corrected chi connectivity index (χ2v) is 4.88. The molecule has 0 saturated carbocycles.